The van der Waals surface area contributed by atoms with E-state index in [1.165, 1.54) is 6.07 Å². The van der Waals surface area contributed by atoms with Crippen molar-refractivity contribution in [2.24, 2.45) is 5.73 Å². The summed E-state index contributed by atoms with van der Waals surface area (Å²) in [7, 11) is 0. The van der Waals surface area contributed by atoms with Gasteiger partial charge in [0.1, 0.15) is 0 Å². The van der Waals surface area contributed by atoms with Crippen molar-refractivity contribution in [1.82, 2.24) is 0 Å². The van der Waals surface area contributed by atoms with Crippen LogP contribution in [0.5, 0.6) is 0 Å². The van der Waals surface area contributed by atoms with Gasteiger partial charge in [-0.15, -0.1) is 0 Å². The number of hydrogen-bond donors (Lipinski definition) is 2. The van der Waals surface area contributed by atoms with E-state index in [0.717, 1.165) is 24.1 Å². The average molecular weight is 237 g/mol. The van der Waals surface area contributed by atoms with E-state index in [1.807, 2.05) is 6.92 Å². The molecule has 3 N–H and O–H groups in total. The van der Waals surface area contributed by atoms with Crippen LogP contribution in [0.1, 0.15) is 25.3 Å². The molecule has 1 rings (SSSR count). The molecule has 17 heavy (non-hydrogen) atoms. The zero-order valence-corrected chi connectivity index (χ0v) is 10.3. The van der Waals surface area contributed by atoms with Gasteiger partial charge in [-0.25, -0.2) is 0 Å². The molecule has 0 aliphatic heterocycles. The number of anilines is 1. The molecular formula is C12H19N3O2. The first-order valence-electron chi connectivity index (χ1n) is 5.80. The van der Waals surface area contributed by atoms with Gasteiger partial charge < -0.3 is 11.1 Å². The molecule has 0 amide bonds. The highest BCUT2D eigenvalue weighted by atomic mass is 16.6. The maximum absolute atomic E-state index is 10.6. The highest BCUT2D eigenvalue weighted by Gasteiger charge is 2.10. The summed E-state index contributed by atoms with van der Waals surface area (Å²) in [4.78, 5) is 10.2. The third kappa shape index (κ3) is 3.71. The monoisotopic (exact) mass is 237 g/mol. The number of hydrogen-bond acceptors (Lipinski definition) is 4. The molecule has 0 spiro atoms. The molecule has 0 aliphatic carbocycles. The molecule has 5 nitrogen and oxygen atoms in total. The molecule has 0 bridgehead atoms. The Morgan fingerprint density at radius 3 is 2.71 bits per heavy atom. The van der Waals surface area contributed by atoms with Crippen LogP contribution in [0, 0.1) is 17.0 Å². The second kappa shape index (κ2) is 6.20. The Labute approximate surface area is 101 Å². The molecule has 0 aliphatic rings. The third-order valence-corrected chi connectivity index (χ3v) is 2.70. The van der Waals surface area contributed by atoms with Crippen LogP contribution < -0.4 is 11.1 Å². The highest BCUT2D eigenvalue weighted by Crippen LogP contribution is 2.22. The minimum atomic E-state index is -0.386. The Morgan fingerprint density at radius 2 is 2.24 bits per heavy atom. The first-order valence-corrected chi connectivity index (χ1v) is 5.80. The van der Waals surface area contributed by atoms with Crippen LogP contribution >= 0.6 is 0 Å². The fraction of sp³-hybridized carbons (Fsp3) is 0.500. The van der Waals surface area contributed by atoms with Crippen molar-refractivity contribution < 1.29 is 4.92 Å². The lowest BCUT2D eigenvalue weighted by Crippen LogP contribution is -2.28. The molecule has 1 aromatic rings. The highest BCUT2D eigenvalue weighted by molar-refractivity contribution is 5.55. The summed E-state index contributed by atoms with van der Waals surface area (Å²) in [6.45, 7) is 4.52. The number of aryl methyl sites for hydroxylation is 1. The number of nitro groups is 1. The maximum Gasteiger partial charge on any atom is 0.269 e. The molecule has 1 atom stereocenters. The van der Waals surface area contributed by atoms with Gasteiger partial charge in [-0.1, -0.05) is 13.3 Å². The Hall–Kier alpha value is -1.62. The van der Waals surface area contributed by atoms with Gasteiger partial charge in [0.15, 0.2) is 0 Å². The number of non-ortho nitro benzene ring substituents is 1. The van der Waals surface area contributed by atoms with Gasteiger partial charge in [-0.2, -0.15) is 0 Å². The molecule has 0 saturated carbocycles. The van der Waals surface area contributed by atoms with Crippen molar-refractivity contribution in [2.45, 2.75) is 32.7 Å². The molecule has 5 heteroatoms. The normalized spacial score (nSPS) is 12.2. The van der Waals surface area contributed by atoms with Crippen molar-refractivity contribution in [1.29, 1.82) is 0 Å². The van der Waals surface area contributed by atoms with E-state index in [2.05, 4.69) is 12.2 Å². The molecule has 0 radical (unpaired) electrons. The van der Waals surface area contributed by atoms with Crippen molar-refractivity contribution in [3.63, 3.8) is 0 Å². The Morgan fingerprint density at radius 1 is 1.53 bits per heavy atom. The van der Waals surface area contributed by atoms with Crippen molar-refractivity contribution in [3.05, 3.63) is 33.9 Å². The fourth-order valence-corrected chi connectivity index (χ4v) is 1.74. The van der Waals surface area contributed by atoms with Crippen LogP contribution in [-0.4, -0.2) is 17.5 Å². The van der Waals surface area contributed by atoms with Crippen LogP contribution in [0.2, 0.25) is 0 Å². The molecule has 0 saturated heterocycles. The van der Waals surface area contributed by atoms with Crippen molar-refractivity contribution in [3.8, 4) is 0 Å². The molecule has 1 aromatic carbocycles. The lowest BCUT2D eigenvalue weighted by Gasteiger charge is -2.18. The molecular weight excluding hydrogens is 218 g/mol. The number of rotatable bonds is 6. The van der Waals surface area contributed by atoms with Gasteiger partial charge in [0, 0.05) is 30.4 Å². The summed E-state index contributed by atoms with van der Waals surface area (Å²) >= 11 is 0. The summed E-state index contributed by atoms with van der Waals surface area (Å²) < 4.78 is 0. The van der Waals surface area contributed by atoms with Gasteiger partial charge in [0.05, 0.1) is 4.92 Å². The largest absolute Gasteiger partial charge is 0.381 e. The number of nitro benzene ring substituents is 1. The van der Waals surface area contributed by atoms with Crippen LogP contribution in [0.15, 0.2) is 18.2 Å². The first-order chi connectivity index (χ1) is 8.08. The number of nitrogens with two attached hydrogens (primary N) is 1. The standard InChI is InChI=1S/C12H19N3O2/c1-3-4-10(8-13)14-12-6-5-11(15(16)17)7-9(12)2/h5-7,10,14H,3-4,8,13H2,1-2H3. The Bertz CT molecular complexity index is 393. The number of nitrogens with one attached hydrogen (secondary N) is 1. The molecule has 0 fully saturated rings. The summed E-state index contributed by atoms with van der Waals surface area (Å²) in [5.41, 5.74) is 7.57. The molecule has 94 valence electrons. The summed E-state index contributed by atoms with van der Waals surface area (Å²) in [6, 6.07) is 5.04. The topological polar surface area (TPSA) is 81.2 Å². The SMILES string of the molecule is CCCC(CN)Nc1ccc([N+](=O)[O-])cc1C. The van der Waals surface area contributed by atoms with Crippen molar-refractivity contribution >= 4 is 11.4 Å². The van der Waals surface area contributed by atoms with E-state index < -0.39 is 0 Å². The second-order valence-corrected chi connectivity index (χ2v) is 4.12. The van der Waals surface area contributed by atoms with Gasteiger partial charge >= 0.3 is 0 Å². The zero-order valence-electron chi connectivity index (χ0n) is 10.3. The molecule has 1 unspecified atom stereocenters. The van der Waals surface area contributed by atoms with Crippen LogP contribution in [0.25, 0.3) is 0 Å². The van der Waals surface area contributed by atoms with Crippen LogP contribution in [-0.2, 0) is 0 Å². The van der Waals surface area contributed by atoms with Gasteiger partial charge in [-0.05, 0) is 25.0 Å². The van der Waals surface area contributed by atoms with E-state index >= 15 is 0 Å². The Balaban J connectivity index is 2.81. The lowest BCUT2D eigenvalue weighted by molar-refractivity contribution is -0.384. The molecule has 0 heterocycles. The lowest BCUT2D eigenvalue weighted by atomic mass is 10.1. The number of benzene rings is 1. The van der Waals surface area contributed by atoms with Gasteiger partial charge in [0.25, 0.3) is 5.69 Å². The van der Waals surface area contributed by atoms with Crippen LogP contribution in [0.4, 0.5) is 11.4 Å². The maximum atomic E-state index is 10.6. The van der Waals surface area contributed by atoms with Crippen molar-refractivity contribution in [2.75, 3.05) is 11.9 Å². The summed E-state index contributed by atoms with van der Waals surface area (Å²) in [5, 5.41) is 13.9. The fourth-order valence-electron chi connectivity index (χ4n) is 1.74. The smallest absolute Gasteiger partial charge is 0.269 e. The average Bonchev–Trinajstić information content (AvgIpc) is 2.30. The summed E-state index contributed by atoms with van der Waals surface area (Å²) in [5.74, 6) is 0. The quantitative estimate of drug-likeness (QED) is 0.588. The predicted molar refractivity (Wildman–Crippen MR) is 69.2 cm³/mol. The van der Waals surface area contributed by atoms with E-state index in [1.54, 1.807) is 12.1 Å². The minimum absolute atomic E-state index is 0.118. The zero-order chi connectivity index (χ0) is 12.8. The van der Waals surface area contributed by atoms with E-state index in [4.69, 9.17) is 5.73 Å². The Kier molecular flexibility index (Phi) is 4.90. The predicted octanol–water partition coefficient (Wildman–Crippen LogP) is 2.44. The number of nitrogens with zero attached hydrogens (tertiary/aromatic N) is 1. The summed E-state index contributed by atoms with van der Waals surface area (Å²) in [6.07, 6.45) is 2.05. The van der Waals surface area contributed by atoms with Gasteiger partial charge in [0.2, 0.25) is 0 Å². The van der Waals surface area contributed by atoms with E-state index in [0.29, 0.717) is 6.54 Å². The van der Waals surface area contributed by atoms with E-state index in [-0.39, 0.29) is 16.7 Å². The first kappa shape index (κ1) is 13.4. The third-order valence-electron chi connectivity index (χ3n) is 2.70. The minimum Gasteiger partial charge on any atom is -0.381 e. The van der Waals surface area contributed by atoms with Crippen LogP contribution in [0.3, 0.4) is 0 Å². The van der Waals surface area contributed by atoms with Gasteiger partial charge in [-0.3, -0.25) is 10.1 Å². The van der Waals surface area contributed by atoms with E-state index in [9.17, 15) is 10.1 Å². The molecule has 0 aromatic heterocycles. The second-order valence-electron chi connectivity index (χ2n) is 4.12.